The van der Waals surface area contributed by atoms with Crippen LogP contribution in [0.2, 0.25) is 5.28 Å². The molecule has 0 radical (unpaired) electrons. The van der Waals surface area contributed by atoms with Crippen LogP contribution in [0, 0.1) is 0 Å². The van der Waals surface area contributed by atoms with Gasteiger partial charge in [0.2, 0.25) is 5.28 Å². The fourth-order valence-corrected chi connectivity index (χ4v) is 1.46. The van der Waals surface area contributed by atoms with Crippen molar-refractivity contribution in [3.63, 3.8) is 0 Å². The van der Waals surface area contributed by atoms with Crippen LogP contribution in [-0.4, -0.2) is 26.9 Å². The van der Waals surface area contributed by atoms with Crippen molar-refractivity contribution >= 4 is 22.6 Å². The van der Waals surface area contributed by atoms with E-state index in [0.717, 1.165) is 16.7 Å². The van der Waals surface area contributed by atoms with E-state index in [0.29, 0.717) is 6.61 Å². The Bertz CT molecular complexity index is 468. The Hall–Kier alpha value is -1.20. The van der Waals surface area contributed by atoms with E-state index in [4.69, 9.17) is 16.3 Å². The molecular formula is C8H9ClN4O. The first kappa shape index (κ1) is 9.36. The standard InChI is InChI=1S/C8H9ClN4O/c1-13-7-5(3-10-8(9)11-7)6(12-13)4-14-2/h3H,4H2,1-2H3. The minimum atomic E-state index is 0.226. The van der Waals surface area contributed by atoms with Gasteiger partial charge in [-0.2, -0.15) is 10.1 Å². The van der Waals surface area contributed by atoms with Gasteiger partial charge in [0.1, 0.15) is 0 Å². The zero-order chi connectivity index (χ0) is 10.1. The number of hydrogen-bond acceptors (Lipinski definition) is 4. The molecule has 6 heteroatoms. The molecule has 2 aromatic heterocycles. The summed E-state index contributed by atoms with van der Waals surface area (Å²) in [5.41, 5.74) is 1.54. The molecule has 0 aliphatic heterocycles. The largest absolute Gasteiger partial charge is 0.378 e. The van der Waals surface area contributed by atoms with Gasteiger partial charge in [-0.1, -0.05) is 0 Å². The molecule has 0 N–H and O–H groups in total. The van der Waals surface area contributed by atoms with E-state index in [1.165, 1.54) is 0 Å². The molecule has 0 aliphatic carbocycles. The molecule has 5 nitrogen and oxygen atoms in total. The van der Waals surface area contributed by atoms with E-state index in [9.17, 15) is 0 Å². The minimum Gasteiger partial charge on any atom is -0.378 e. The first-order valence-corrected chi connectivity index (χ1v) is 4.43. The van der Waals surface area contributed by atoms with E-state index in [1.54, 1.807) is 18.0 Å². The summed E-state index contributed by atoms with van der Waals surface area (Å²) in [4.78, 5) is 7.99. The number of nitrogens with zero attached hydrogens (tertiary/aromatic N) is 4. The average Bonchev–Trinajstić information content (AvgIpc) is 2.44. The van der Waals surface area contributed by atoms with Gasteiger partial charge >= 0.3 is 0 Å². The lowest BCUT2D eigenvalue weighted by Gasteiger charge is -1.93. The third-order valence-corrected chi connectivity index (χ3v) is 2.09. The lowest BCUT2D eigenvalue weighted by molar-refractivity contribution is 0.182. The Labute approximate surface area is 85.7 Å². The van der Waals surface area contributed by atoms with Crippen molar-refractivity contribution in [1.29, 1.82) is 0 Å². The molecule has 0 aliphatic rings. The molecule has 0 aromatic carbocycles. The fraction of sp³-hybridized carbons (Fsp3) is 0.375. The maximum Gasteiger partial charge on any atom is 0.224 e. The predicted molar refractivity (Wildman–Crippen MR) is 52.0 cm³/mol. The average molecular weight is 213 g/mol. The summed E-state index contributed by atoms with van der Waals surface area (Å²) in [5.74, 6) is 0. The number of methoxy groups -OCH3 is 1. The molecular weight excluding hydrogens is 204 g/mol. The van der Waals surface area contributed by atoms with Crippen LogP contribution in [-0.2, 0) is 18.4 Å². The second-order valence-electron chi connectivity index (χ2n) is 2.88. The number of hydrogen-bond donors (Lipinski definition) is 0. The molecule has 0 amide bonds. The first-order chi connectivity index (χ1) is 6.72. The van der Waals surface area contributed by atoms with Crippen LogP contribution in [0.5, 0.6) is 0 Å². The highest BCUT2D eigenvalue weighted by Crippen LogP contribution is 2.16. The zero-order valence-corrected chi connectivity index (χ0v) is 8.62. The van der Waals surface area contributed by atoms with Gasteiger partial charge in [-0.25, -0.2) is 9.67 Å². The van der Waals surface area contributed by atoms with Crippen molar-refractivity contribution in [2.45, 2.75) is 6.61 Å². The Morgan fingerprint density at radius 2 is 2.36 bits per heavy atom. The van der Waals surface area contributed by atoms with Crippen LogP contribution in [0.1, 0.15) is 5.69 Å². The predicted octanol–water partition coefficient (Wildman–Crippen LogP) is 1.16. The highest BCUT2D eigenvalue weighted by molar-refractivity contribution is 6.28. The van der Waals surface area contributed by atoms with Crippen LogP contribution in [0.25, 0.3) is 11.0 Å². The van der Waals surface area contributed by atoms with Crippen LogP contribution >= 0.6 is 11.6 Å². The monoisotopic (exact) mass is 212 g/mol. The Morgan fingerprint density at radius 1 is 1.57 bits per heavy atom. The number of halogens is 1. The smallest absolute Gasteiger partial charge is 0.224 e. The van der Waals surface area contributed by atoms with E-state index in [1.807, 2.05) is 7.05 Å². The number of aromatic nitrogens is 4. The lowest BCUT2D eigenvalue weighted by atomic mass is 10.3. The number of aryl methyl sites for hydroxylation is 1. The normalized spacial score (nSPS) is 11.1. The van der Waals surface area contributed by atoms with Gasteiger partial charge in [0.25, 0.3) is 0 Å². The highest BCUT2D eigenvalue weighted by Gasteiger charge is 2.10. The molecule has 2 heterocycles. The van der Waals surface area contributed by atoms with Gasteiger partial charge in [-0.05, 0) is 11.6 Å². The highest BCUT2D eigenvalue weighted by atomic mass is 35.5. The third-order valence-electron chi connectivity index (χ3n) is 1.91. The topological polar surface area (TPSA) is 52.8 Å². The van der Waals surface area contributed by atoms with Crippen molar-refractivity contribution in [3.05, 3.63) is 17.2 Å². The van der Waals surface area contributed by atoms with Gasteiger partial charge in [0.15, 0.2) is 5.65 Å². The van der Waals surface area contributed by atoms with Gasteiger partial charge in [0.05, 0.1) is 17.7 Å². The van der Waals surface area contributed by atoms with Gasteiger partial charge in [-0.3, -0.25) is 0 Å². The Kier molecular flexibility index (Phi) is 2.35. The van der Waals surface area contributed by atoms with Crippen LogP contribution in [0.15, 0.2) is 6.20 Å². The molecule has 2 rings (SSSR count). The quantitative estimate of drug-likeness (QED) is 0.702. The lowest BCUT2D eigenvalue weighted by Crippen LogP contribution is -1.93. The molecule has 0 atom stereocenters. The van der Waals surface area contributed by atoms with Gasteiger partial charge < -0.3 is 4.74 Å². The Balaban J connectivity index is 2.65. The van der Waals surface area contributed by atoms with E-state index in [-0.39, 0.29) is 5.28 Å². The summed E-state index contributed by atoms with van der Waals surface area (Å²) in [7, 11) is 3.43. The molecule has 0 saturated carbocycles. The second-order valence-corrected chi connectivity index (χ2v) is 3.22. The molecule has 0 spiro atoms. The summed E-state index contributed by atoms with van der Waals surface area (Å²) in [6, 6.07) is 0. The summed E-state index contributed by atoms with van der Waals surface area (Å²) in [6.45, 7) is 0.447. The van der Waals surface area contributed by atoms with Crippen molar-refractivity contribution in [3.8, 4) is 0 Å². The first-order valence-electron chi connectivity index (χ1n) is 4.05. The summed E-state index contributed by atoms with van der Waals surface area (Å²) in [5, 5.41) is 5.35. The summed E-state index contributed by atoms with van der Waals surface area (Å²) < 4.78 is 6.68. The molecule has 0 saturated heterocycles. The second kappa shape index (κ2) is 3.51. The maximum absolute atomic E-state index is 5.68. The van der Waals surface area contributed by atoms with Crippen LogP contribution in [0.3, 0.4) is 0 Å². The van der Waals surface area contributed by atoms with Crippen molar-refractivity contribution in [1.82, 2.24) is 19.7 Å². The maximum atomic E-state index is 5.68. The van der Waals surface area contributed by atoms with Crippen molar-refractivity contribution in [2.75, 3.05) is 7.11 Å². The molecule has 0 unspecified atom stereocenters. The molecule has 2 aromatic rings. The Morgan fingerprint density at radius 3 is 3.07 bits per heavy atom. The van der Waals surface area contributed by atoms with Crippen LogP contribution < -0.4 is 0 Å². The number of ether oxygens (including phenoxy) is 1. The van der Waals surface area contributed by atoms with E-state index >= 15 is 0 Å². The van der Waals surface area contributed by atoms with Crippen molar-refractivity contribution in [2.24, 2.45) is 7.05 Å². The fourth-order valence-electron chi connectivity index (χ4n) is 1.33. The van der Waals surface area contributed by atoms with E-state index < -0.39 is 0 Å². The number of rotatable bonds is 2. The molecule has 0 bridgehead atoms. The third kappa shape index (κ3) is 1.44. The van der Waals surface area contributed by atoms with Crippen LogP contribution in [0.4, 0.5) is 0 Å². The minimum absolute atomic E-state index is 0.226. The summed E-state index contributed by atoms with van der Waals surface area (Å²) >= 11 is 5.68. The number of fused-ring (bicyclic) bond motifs is 1. The molecule has 74 valence electrons. The molecule has 14 heavy (non-hydrogen) atoms. The van der Waals surface area contributed by atoms with E-state index in [2.05, 4.69) is 15.1 Å². The van der Waals surface area contributed by atoms with Gasteiger partial charge in [0, 0.05) is 20.4 Å². The summed E-state index contributed by atoms with van der Waals surface area (Å²) in [6.07, 6.45) is 1.66. The SMILES string of the molecule is COCc1nn(C)c2nc(Cl)ncc12. The van der Waals surface area contributed by atoms with Crippen molar-refractivity contribution < 1.29 is 4.74 Å². The van der Waals surface area contributed by atoms with Gasteiger partial charge in [-0.15, -0.1) is 0 Å². The zero-order valence-electron chi connectivity index (χ0n) is 7.86. The molecule has 0 fully saturated rings.